The quantitative estimate of drug-likeness (QED) is 0.915. The summed E-state index contributed by atoms with van der Waals surface area (Å²) in [5.41, 5.74) is 0.552. The average Bonchev–Trinajstić information content (AvgIpc) is 2.56. The Bertz CT molecular complexity index is 694. The minimum atomic E-state index is -0.382. The molecule has 6 heteroatoms. The second-order valence-corrected chi connectivity index (χ2v) is 5.97. The van der Waals surface area contributed by atoms with Gasteiger partial charge in [-0.3, -0.25) is 9.59 Å². The number of H-pyrrole nitrogens is 1. The normalized spacial score (nSPS) is 15.0. The number of carbonyl (C=O) groups excluding carboxylic acids is 1. The smallest absolute Gasteiger partial charge is 0.264 e. The van der Waals surface area contributed by atoms with Crippen LogP contribution in [0.4, 0.5) is 0 Å². The molecule has 0 spiro atoms. The molecule has 3 rings (SSSR count). The molecule has 0 atom stereocenters. The number of aromatic nitrogens is 2. The molecule has 0 bridgehead atoms. The molecule has 5 nitrogen and oxygen atoms in total. The number of hydrogen-bond donors (Lipinski definition) is 1. The molecular weight excluding hydrogens is 286 g/mol. The van der Waals surface area contributed by atoms with Crippen LogP contribution in [0.25, 0.3) is 11.4 Å². The number of amides is 1. The van der Waals surface area contributed by atoms with Crippen LogP contribution >= 0.6 is 11.8 Å². The van der Waals surface area contributed by atoms with E-state index in [1.54, 1.807) is 4.90 Å². The third-order valence-electron chi connectivity index (χ3n) is 3.38. The molecule has 108 valence electrons. The average molecular weight is 301 g/mol. The van der Waals surface area contributed by atoms with Gasteiger partial charge in [0.05, 0.1) is 0 Å². The lowest BCUT2D eigenvalue weighted by Crippen LogP contribution is -2.40. The van der Waals surface area contributed by atoms with E-state index in [9.17, 15) is 9.59 Å². The van der Waals surface area contributed by atoms with Gasteiger partial charge in [0.2, 0.25) is 0 Å². The number of hydrogen-bond acceptors (Lipinski definition) is 4. The van der Waals surface area contributed by atoms with Crippen LogP contribution in [0, 0.1) is 0 Å². The van der Waals surface area contributed by atoms with E-state index in [4.69, 9.17) is 0 Å². The third-order valence-corrected chi connectivity index (χ3v) is 4.32. The Hall–Kier alpha value is -2.08. The minimum absolute atomic E-state index is 0.113. The van der Waals surface area contributed by atoms with E-state index in [2.05, 4.69) is 9.97 Å². The van der Waals surface area contributed by atoms with Crippen molar-refractivity contribution in [3.8, 4) is 11.4 Å². The summed E-state index contributed by atoms with van der Waals surface area (Å²) in [5.74, 6) is 2.08. The van der Waals surface area contributed by atoms with Gasteiger partial charge in [0, 0.05) is 36.4 Å². The van der Waals surface area contributed by atoms with Gasteiger partial charge in [-0.2, -0.15) is 11.8 Å². The zero-order chi connectivity index (χ0) is 14.7. The van der Waals surface area contributed by atoms with Crippen molar-refractivity contribution in [1.82, 2.24) is 14.9 Å². The second kappa shape index (κ2) is 6.13. The highest BCUT2D eigenvalue weighted by molar-refractivity contribution is 7.99. The number of aromatic amines is 1. The van der Waals surface area contributed by atoms with Gasteiger partial charge in [0.25, 0.3) is 11.5 Å². The Balaban J connectivity index is 1.88. The second-order valence-electron chi connectivity index (χ2n) is 4.75. The number of rotatable bonds is 2. The largest absolute Gasteiger partial charge is 0.337 e. The van der Waals surface area contributed by atoms with E-state index >= 15 is 0 Å². The summed E-state index contributed by atoms with van der Waals surface area (Å²) in [6.07, 6.45) is 1.38. The maximum atomic E-state index is 12.3. The summed E-state index contributed by atoms with van der Waals surface area (Å²) < 4.78 is 0. The zero-order valence-corrected chi connectivity index (χ0v) is 12.2. The van der Waals surface area contributed by atoms with Crippen LogP contribution in [0.3, 0.4) is 0 Å². The van der Waals surface area contributed by atoms with E-state index in [1.165, 1.54) is 6.20 Å². The highest BCUT2D eigenvalue weighted by Crippen LogP contribution is 2.14. The zero-order valence-electron chi connectivity index (χ0n) is 11.4. The molecule has 2 heterocycles. The summed E-state index contributed by atoms with van der Waals surface area (Å²) in [7, 11) is 0. The molecule has 21 heavy (non-hydrogen) atoms. The molecule has 1 amide bonds. The molecule has 1 N–H and O–H groups in total. The first-order valence-corrected chi connectivity index (χ1v) is 7.93. The molecule has 0 radical (unpaired) electrons. The maximum absolute atomic E-state index is 12.3. The lowest BCUT2D eigenvalue weighted by Gasteiger charge is -2.25. The van der Waals surface area contributed by atoms with Gasteiger partial charge >= 0.3 is 0 Å². The summed E-state index contributed by atoms with van der Waals surface area (Å²) in [5, 5.41) is 0. The Morgan fingerprint density at radius 1 is 1.19 bits per heavy atom. The monoisotopic (exact) mass is 301 g/mol. The maximum Gasteiger partial charge on any atom is 0.264 e. The molecule has 0 unspecified atom stereocenters. The Kier molecular flexibility index (Phi) is 4.06. The fourth-order valence-corrected chi connectivity index (χ4v) is 3.13. The van der Waals surface area contributed by atoms with E-state index in [0.717, 1.165) is 17.1 Å². The van der Waals surface area contributed by atoms with Crippen molar-refractivity contribution in [3.63, 3.8) is 0 Å². The SMILES string of the molecule is O=C(c1cnc(-c2ccccc2)[nH]c1=O)N1CCSCC1. The molecular formula is C15H15N3O2S. The molecule has 1 aromatic heterocycles. The molecule has 1 aliphatic heterocycles. The van der Waals surface area contributed by atoms with Gasteiger partial charge < -0.3 is 9.88 Å². The highest BCUT2D eigenvalue weighted by atomic mass is 32.2. The van der Waals surface area contributed by atoms with Crippen LogP contribution in [0.2, 0.25) is 0 Å². The third kappa shape index (κ3) is 3.00. The van der Waals surface area contributed by atoms with Crippen molar-refractivity contribution >= 4 is 17.7 Å². The standard InChI is InChI=1S/C15H15N3O2S/c19-14-12(15(20)18-6-8-21-9-7-18)10-16-13(17-14)11-4-2-1-3-5-11/h1-5,10H,6-9H2,(H,16,17,19). The van der Waals surface area contributed by atoms with Crippen LogP contribution in [0.5, 0.6) is 0 Å². The fourth-order valence-electron chi connectivity index (χ4n) is 2.23. The highest BCUT2D eigenvalue weighted by Gasteiger charge is 2.21. The number of nitrogens with zero attached hydrogens (tertiary/aromatic N) is 2. The van der Waals surface area contributed by atoms with Gasteiger partial charge in [-0.1, -0.05) is 30.3 Å². The summed E-state index contributed by atoms with van der Waals surface area (Å²) in [6.45, 7) is 1.37. The lowest BCUT2D eigenvalue weighted by molar-refractivity contribution is 0.0770. The first kappa shape index (κ1) is 13.9. The predicted octanol–water partition coefficient (Wildman–Crippen LogP) is 1.63. The van der Waals surface area contributed by atoms with Crippen molar-refractivity contribution in [2.45, 2.75) is 0 Å². The van der Waals surface area contributed by atoms with E-state index in [1.807, 2.05) is 42.1 Å². The summed E-state index contributed by atoms with van der Waals surface area (Å²) in [4.78, 5) is 33.1. The molecule has 0 aliphatic carbocycles. The van der Waals surface area contributed by atoms with Crippen molar-refractivity contribution in [2.24, 2.45) is 0 Å². The molecule has 2 aromatic rings. The molecule has 1 aromatic carbocycles. The summed E-state index contributed by atoms with van der Waals surface area (Å²) >= 11 is 1.82. The first-order chi connectivity index (χ1) is 10.3. The van der Waals surface area contributed by atoms with Crippen LogP contribution in [-0.4, -0.2) is 45.4 Å². The van der Waals surface area contributed by atoms with E-state index in [0.29, 0.717) is 18.9 Å². The molecule has 1 aliphatic rings. The topological polar surface area (TPSA) is 66.1 Å². The Morgan fingerprint density at radius 3 is 2.57 bits per heavy atom. The van der Waals surface area contributed by atoms with Crippen molar-refractivity contribution in [2.75, 3.05) is 24.6 Å². The van der Waals surface area contributed by atoms with E-state index in [-0.39, 0.29) is 17.0 Å². The van der Waals surface area contributed by atoms with Crippen LogP contribution in [0.15, 0.2) is 41.3 Å². The van der Waals surface area contributed by atoms with Crippen LogP contribution in [-0.2, 0) is 0 Å². The Morgan fingerprint density at radius 2 is 1.90 bits per heavy atom. The predicted molar refractivity (Wildman–Crippen MR) is 83.5 cm³/mol. The number of nitrogens with one attached hydrogen (secondary N) is 1. The Labute approximate surface area is 126 Å². The number of benzene rings is 1. The fraction of sp³-hybridized carbons (Fsp3) is 0.267. The minimum Gasteiger partial charge on any atom is -0.337 e. The van der Waals surface area contributed by atoms with Crippen molar-refractivity contribution < 1.29 is 4.79 Å². The summed E-state index contributed by atoms with van der Waals surface area (Å²) in [6, 6.07) is 9.37. The van der Waals surface area contributed by atoms with Gasteiger partial charge in [-0.25, -0.2) is 4.98 Å². The lowest BCUT2D eigenvalue weighted by atomic mass is 10.2. The van der Waals surface area contributed by atoms with Crippen molar-refractivity contribution in [3.05, 3.63) is 52.4 Å². The van der Waals surface area contributed by atoms with Gasteiger partial charge in [-0.05, 0) is 0 Å². The van der Waals surface area contributed by atoms with Crippen LogP contribution in [0.1, 0.15) is 10.4 Å². The first-order valence-electron chi connectivity index (χ1n) is 6.77. The van der Waals surface area contributed by atoms with Gasteiger partial charge in [0.1, 0.15) is 11.4 Å². The van der Waals surface area contributed by atoms with Gasteiger partial charge in [0.15, 0.2) is 0 Å². The molecule has 0 saturated carbocycles. The molecule has 1 fully saturated rings. The molecule has 1 saturated heterocycles. The van der Waals surface area contributed by atoms with Crippen LogP contribution < -0.4 is 5.56 Å². The number of thioether (sulfide) groups is 1. The van der Waals surface area contributed by atoms with Gasteiger partial charge in [-0.15, -0.1) is 0 Å². The van der Waals surface area contributed by atoms with Crippen molar-refractivity contribution in [1.29, 1.82) is 0 Å². The number of carbonyl (C=O) groups is 1. The van der Waals surface area contributed by atoms with E-state index < -0.39 is 0 Å².